The van der Waals surface area contributed by atoms with Crippen LogP contribution >= 0.6 is 11.6 Å². The first kappa shape index (κ1) is 12.4. The summed E-state index contributed by atoms with van der Waals surface area (Å²) in [7, 11) is 1.82. The average molecular weight is 256 g/mol. The van der Waals surface area contributed by atoms with Crippen LogP contribution in [0.4, 0.5) is 0 Å². The number of aromatic nitrogens is 2. The summed E-state index contributed by atoms with van der Waals surface area (Å²) in [5, 5.41) is 4.90. The van der Waals surface area contributed by atoms with Gasteiger partial charge in [-0.3, -0.25) is 9.48 Å². The number of piperidine rings is 1. The van der Waals surface area contributed by atoms with Crippen LogP contribution in [0.3, 0.4) is 0 Å². The molecule has 0 bridgehead atoms. The highest BCUT2D eigenvalue weighted by atomic mass is 35.5. The van der Waals surface area contributed by atoms with Gasteiger partial charge >= 0.3 is 0 Å². The molecule has 0 radical (unpaired) electrons. The zero-order valence-electron chi connectivity index (χ0n) is 10.5. The second-order valence-corrected chi connectivity index (χ2v) is 5.14. The number of hydrogen-bond acceptors (Lipinski definition) is 2. The lowest BCUT2D eigenvalue weighted by atomic mass is 9.99. The molecule has 1 amide bonds. The second kappa shape index (κ2) is 4.69. The predicted molar refractivity (Wildman–Crippen MR) is 66.8 cm³/mol. The lowest BCUT2D eigenvalue weighted by molar-refractivity contribution is -0.138. The third-order valence-electron chi connectivity index (χ3n) is 3.42. The van der Waals surface area contributed by atoms with E-state index < -0.39 is 0 Å². The van der Waals surface area contributed by atoms with Crippen LogP contribution in [0.25, 0.3) is 0 Å². The SMILES string of the molecule is Cc1nn(C)c(Cl)c1CN1CCCC(C)C1=O. The minimum absolute atomic E-state index is 0.138. The van der Waals surface area contributed by atoms with Gasteiger partial charge in [-0.05, 0) is 19.8 Å². The Balaban J connectivity index is 2.17. The third kappa shape index (κ3) is 2.32. The van der Waals surface area contributed by atoms with Gasteiger partial charge in [-0.1, -0.05) is 18.5 Å². The monoisotopic (exact) mass is 255 g/mol. The lowest BCUT2D eigenvalue weighted by Gasteiger charge is -2.30. The molecule has 17 heavy (non-hydrogen) atoms. The molecule has 1 aromatic rings. The standard InChI is InChI=1S/C12H18ClN3O/c1-8-5-4-6-16(12(8)17)7-10-9(2)14-15(3)11(10)13/h8H,4-7H2,1-3H3. The fourth-order valence-electron chi connectivity index (χ4n) is 2.34. The van der Waals surface area contributed by atoms with Crippen molar-refractivity contribution in [1.82, 2.24) is 14.7 Å². The Morgan fingerprint density at radius 1 is 1.53 bits per heavy atom. The van der Waals surface area contributed by atoms with Crippen molar-refractivity contribution in [2.45, 2.75) is 33.2 Å². The number of carbonyl (C=O) groups excluding carboxylic acids is 1. The first-order valence-electron chi connectivity index (χ1n) is 5.97. The first-order valence-corrected chi connectivity index (χ1v) is 6.35. The summed E-state index contributed by atoms with van der Waals surface area (Å²) in [4.78, 5) is 13.9. The van der Waals surface area contributed by atoms with E-state index in [1.807, 2.05) is 25.8 Å². The van der Waals surface area contributed by atoms with Crippen LogP contribution in [0.1, 0.15) is 31.0 Å². The Hall–Kier alpha value is -1.03. The average Bonchev–Trinajstić information content (AvgIpc) is 2.51. The zero-order chi connectivity index (χ0) is 12.6. The number of halogens is 1. The van der Waals surface area contributed by atoms with E-state index in [1.165, 1.54) is 0 Å². The van der Waals surface area contributed by atoms with E-state index in [2.05, 4.69) is 5.10 Å². The van der Waals surface area contributed by atoms with Crippen molar-refractivity contribution >= 4 is 17.5 Å². The molecule has 1 atom stereocenters. The van der Waals surface area contributed by atoms with Crippen LogP contribution in [0, 0.1) is 12.8 Å². The van der Waals surface area contributed by atoms with E-state index >= 15 is 0 Å². The molecule has 1 unspecified atom stereocenters. The number of amides is 1. The van der Waals surface area contributed by atoms with E-state index in [4.69, 9.17) is 11.6 Å². The molecular formula is C12H18ClN3O. The summed E-state index contributed by atoms with van der Waals surface area (Å²) < 4.78 is 1.66. The molecule has 2 heterocycles. The van der Waals surface area contributed by atoms with E-state index in [9.17, 15) is 4.79 Å². The highest BCUT2D eigenvalue weighted by Gasteiger charge is 2.26. The van der Waals surface area contributed by atoms with Gasteiger partial charge in [0, 0.05) is 25.1 Å². The van der Waals surface area contributed by atoms with Crippen molar-refractivity contribution in [2.24, 2.45) is 13.0 Å². The van der Waals surface area contributed by atoms with Crippen LogP contribution < -0.4 is 0 Å². The molecule has 0 saturated carbocycles. The summed E-state index contributed by atoms with van der Waals surface area (Å²) in [6.07, 6.45) is 2.07. The Morgan fingerprint density at radius 2 is 2.24 bits per heavy atom. The highest BCUT2D eigenvalue weighted by molar-refractivity contribution is 6.30. The molecule has 0 N–H and O–H groups in total. The van der Waals surface area contributed by atoms with Gasteiger partial charge in [-0.2, -0.15) is 5.10 Å². The van der Waals surface area contributed by atoms with E-state index in [1.54, 1.807) is 4.68 Å². The van der Waals surface area contributed by atoms with Gasteiger partial charge in [0.15, 0.2) is 0 Å². The Morgan fingerprint density at radius 3 is 2.82 bits per heavy atom. The van der Waals surface area contributed by atoms with Gasteiger partial charge in [0.1, 0.15) is 5.15 Å². The van der Waals surface area contributed by atoms with Gasteiger partial charge < -0.3 is 4.90 Å². The van der Waals surface area contributed by atoms with Gasteiger partial charge in [0.2, 0.25) is 5.91 Å². The smallest absolute Gasteiger partial charge is 0.225 e. The maximum atomic E-state index is 12.0. The Labute approximate surface area is 107 Å². The minimum atomic E-state index is 0.138. The molecular weight excluding hydrogens is 238 g/mol. The second-order valence-electron chi connectivity index (χ2n) is 4.78. The van der Waals surface area contributed by atoms with Crippen LogP contribution in [-0.2, 0) is 18.4 Å². The number of nitrogens with zero attached hydrogens (tertiary/aromatic N) is 3. The molecule has 4 nitrogen and oxygen atoms in total. The third-order valence-corrected chi connectivity index (χ3v) is 3.89. The van der Waals surface area contributed by atoms with Crippen molar-refractivity contribution in [3.63, 3.8) is 0 Å². The number of rotatable bonds is 2. The van der Waals surface area contributed by atoms with Crippen molar-refractivity contribution < 1.29 is 4.79 Å². The first-order chi connectivity index (χ1) is 8.00. The summed E-state index contributed by atoms with van der Waals surface area (Å²) in [5.41, 5.74) is 1.88. The van der Waals surface area contributed by atoms with Gasteiger partial charge in [0.25, 0.3) is 0 Å². The normalized spacial score (nSPS) is 21.1. The molecule has 0 aliphatic carbocycles. The predicted octanol–water partition coefficient (Wildman–Crippen LogP) is 2.14. The summed E-state index contributed by atoms with van der Waals surface area (Å²) in [6, 6.07) is 0. The zero-order valence-corrected chi connectivity index (χ0v) is 11.3. The largest absolute Gasteiger partial charge is 0.338 e. The summed E-state index contributed by atoms with van der Waals surface area (Å²) in [5.74, 6) is 0.370. The Bertz CT molecular complexity index is 441. The topological polar surface area (TPSA) is 38.1 Å². The molecule has 1 fully saturated rings. The van der Waals surface area contributed by atoms with Crippen molar-refractivity contribution in [3.8, 4) is 0 Å². The fourth-order valence-corrected chi connectivity index (χ4v) is 2.57. The van der Waals surface area contributed by atoms with Crippen molar-refractivity contribution in [3.05, 3.63) is 16.4 Å². The van der Waals surface area contributed by atoms with Gasteiger partial charge in [-0.25, -0.2) is 0 Å². The van der Waals surface area contributed by atoms with Crippen LogP contribution in [0.15, 0.2) is 0 Å². The molecule has 1 aromatic heterocycles. The quantitative estimate of drug-likeness (QED) is 0.812. The van der Waals surface area contributed by atoms with Gasteiger partial charge in [0.05, 0.1) is 12.2 Å². The molecule has 94 valence electrons. The fraction of sp³-hybridized carbons (Fsp3) is 0.667. The molecule has 1 aliphatic rings. The molecule has 1 saturated heterocycles. The van der Waals surface area contributed by atoms with E-state index in [0.717, 1.165) is 30.6 Å². The minimum Gasteiger partial charge on any atom is -0.338 e. The molecule has 0 aromatic carbocycles. The molecule has 5 heteroatoms. The summed E-state index contributed by atoms with van der Waals surface area (Å²) >= 11 is 6.18. The summed E-state index contributed by atoms with van der Waals surface area (Å²) in [6.45, 7) is 5.33. The van der Waals surface area contributed by atoms with Gasteiger partial charge in [-0.15, -0.1) is 0 Å². The maximum Gasteiger partial charge on any atom is 0.225 e. The van der Waals surface area contributed by atoms with E-state index in [-0.39, 0.29) is 11.8 Å². The maximum absolute atomic E-state index is 12.0. The molecule has 2 rings (SSSR count). The van der Waals surface area contributed by atoms with Crippen molar-refractivity contribution in [1.29, 1.82) is 0 Å². The highest BCUT2D eigenvalue weighted by Crippen LogP contribution is 2.24. The van der Waals surface area contributed by atoms with Crippen LogP contribution in [0.5, 0.6) is 0 Å². The van der Waals surface area contributed by atoms with E-state index in [0.29, 0.717) is 11.7 Å². The molecule has 0 spiro atoms. The number of likely N-dealkylation sites (tertiary alicyclic amines) is 1. The molecule has 1 aliphatic heterocycles. The number of aryl methyl sites for hydroxylation is 2. The number of hydrogen-bond donors (Lipinski definition) is 0. The van der Waals surface area contributed by atoms with Crippen LogP contribution in [-0.4, -0.2) is 27.1 Å². The van der Waals surface area contributed by atoms with Crippen LogP contribution in [0.2, 0.25) is 5.15 Å². The Kier molecular flexibility index (Phi) is 3.43. The lowest BCUT2D eigenvalue weighted by Crippen LogP contribution is -2.39. The van der Waals surface area contributed by atoms with Crippen molar-refractivity contribution in [2.75, 3.05) is 6.54 Å². The number of carbonyl (C=O) groups is 1.